The Morgan fingerprint density at radius 1 is 1.20 bits per heavy atom. The lowest BCUT2D eigenvalue weighted by molar-refractivity contribution is -0.135. The van der Waals surface area contributed by atoms with Crippen molar-refractivity contribution >= 4 is 39.2 Å². The molecule has 0 spiro atoms. The second-order valence-corrected chi connectivity index (χ2v) is 6.96. The van der Waals surface area contributed by atoms with Gasteiger partial charge in [-0.1, -0.05) is 30.3 Å². The number of carboxylic acids is 1. The van der Waals surface area contributed by atoms with Crippen LogP contribution in [0.5, 0.6) is 5.75 Å². The van der Waals surface area contributed by atoms with Crippen LogP contribution in [0.2, 0.25) is 0 Å². The zero-order valence-electron chi connectivity index (χ0n) is 14.1. The molecule has 25 heavy (non-hydrogen) atoms. The Kier molecular flexibility index (Phi) is 5.14. The number of nitrogens with zero attached hydrogens (tertiary/aromatic N) is 1. The van der Waals surface area contributed by atoms with Crippen LogP contribution in [0.4, 0.5) is 0 Å². The van der Waals surface area contributed by atoms with Gasteiger partial charge in [0, 0.05) is 5.56 Å². The quantitative estimate of drug-likeness (QED) is 0.670. The topological polar surface area (TPSA) is 59.4 Å². The van der Waals surface area contributed by atoms with E-state index in [-0.39, 0.29) is 12.5 Å². The summed E-state index contributed by atoms with van der Waals surface area (Å²) in [5, 5.41) is 10.0. The number of carbonyl (C=O) groups is 1. The van der Waals surface area contributed by atoms with Gasteiger partial charge in [0.05, 0.1) is 22.7 Å². The summed E-state index contributed by atoms with van der Waals surface area (Å²) in [6.07, 6.45) is 1.82. The van der Waals surface area contributed by atoms with Crippen molar-refractivity contribution in [3.05, 3.63) is 59.1 Å². The molecule has 0 aliphatic heterocycles. The molecule has 2 aromatic carbocycles. The van der Waals surface area contributed by atoms with Crippen LogP contribution in [-0.4, -0.2) is 22.2 Å². The summed E-state index contributed by atoms with van der Waals surface area (Å²) >= 11 is 1.50. The number of benzene rings is 2. The maximum Gasteiger partial charge on any atom is 0.307 e. The highest BCUT2D eigenvalue weighted by Gasteiger charge is 2.14. The van der Waals surface area contributed by atoms with Gasteiger partial charge >= 0.3 is 5.97 Å². The molecule has 0 aliphatic rings. The molecule has 0 bridgehead atoms. The highest BCUT2D eigenvalue weighted by Crippen LogP contribution is 2.32. The van der Waals surface area contributed by atoms with E-state index in [2.05, 4.69) is 4.98 Å². The molecule has 0 saturated heterocycles. The average molecular weight is 353 g/mol. The van der Waals surface area contributed by atoms with Gasteiger partial charge in [0.1, 0.15) is 10.8 Å². The fourth-order valence-corrected chi connectivity index (χ4v) is 3.49. The van der Waals surface area contributed by atoms with E-state index in [9.17, 15) is 9.90 Å². The molecule has 0 saturated carbocycles. The minimum atomic E-state index is -0.882. The van der Waals surface area contributed by atoms with E-state index in [4.69, 9.17) is 4.74 Å². The van der Waals surface area contributed by atoms with Crippen molar-refractivity contribution < 1.29 is 14.6 Å². The van der Waals surface area contributed by atoms with Gasteiger partial charge in [0.15, 0.2) is 0 Å². The number of hydrogen-bond acceptors (Lipinski definition) is 4. The molecular formula is C20H19NO3S. The minimum Gasteiger partial charge on any atom is -0.490 e. The third kappa shape index (κ3) is 4.25. The largest absolute Gasteiger partial charge is 0.490 e. The van der Waals surface area contributed by atoms with Gasteiger partial charge in [-0.2, -0.15) is 0 Å². The van der Waals surface area contributed by atoms with E-state index in [0.29, 0.717) is 5.57 Å². The first-order chi connectivity index (χ1) is 12.0. The third-order valence-corrected chi connectivity index (χ3v) is 4.63. The van der Waals surface area contributed by atoms with E-state index in [1.54, 1.807) is 0 Å². The number of ether oxygens (including phenoxy) is 1. The Morgan fingerprint density at radius 3 is 2.64 bits per heavy atom. The highest BCUT2D eigenvalue weighted by atomic mass is 32.1. The fourth-order valence-electron chi connectivity index (χ4n) is 2.51. The summed E-state index contributed by atoms with van der Waals surface area (Å²) in [5.74, 6) is -0.144. The van der Waals surface area contributed by atoms with Crippen molar-refractivity contribution in [3.8, 4) is 5.75 Å². The first-order valence-corrected chi connectivity index (χ1v) is 8.88. The molecule has 3 rings (SSSR count). The Labute approximate surface area is 150 Å². The van der Waals surface area contributed by atoms with Crippen LogP contribution in [0.1, 0.15) is 30.8 Å². The first kappa shape index (κ1) is 17.2. The predicted molar refractivity (Wildman–Crippen MR) is 102 cm³/mol. The van der Waals surface area contributed by atoms with Crippen molar-refractivity contribution in [2.24, 2.45) is 0 Å². The van der Waals surface area contributed by atoms with E-state index < -0.39 is 5.97 Å². The normalized spacial score (nSPS) is 11.9. The molecule has 128 valence electrons. The second kappa shape index (κ2) is 7.49. The summed E-state index contributed by atoms with van der Waals surface area (Å²) in [6, 6.07) is 15.4. The number of hydrogen-bond donors (Lipinski definition) is 1. The van der Waals surface area contributed by atoms with Crippen LogP contribution in [0, 0.1) is 0 Å². The van der Waals surface area contributed by atoms with Gasteiger partial charge in [0.25, 0.3) is 0 Å². The molecular weight excluding hydrogens is 334 g/mol. The molecule has 1 aromatic heterocycles. The lowest BCUT2D eigenvalue weighted by atomic mass is 10.1. The monoisotopic (exact) mass is 353 g/mol. The van der Waals surface area contributed by atoms with Crippen LogP contribution in [0.15, 0.2) is 48.5 Å². The molecule has 0 fully saturated rings. The summed E-state index contributed by atoms with van der Waals surface area (Å²) in [7, 11) is 0. The number of aliphatic carboxylic acids is 1. The number of para-hydroxylation sites is 2. The smallest absolute Gasteiger partial charge is 0.307 e. The Morgan fingerprint density at radius 2 is 1.92 bits per heavy atom. The molecule has 0 radical (unpaired) electrons. The van der Waals surface area contributed by atoms with Gasteiger partial charge in [0.2, 0.25) is 0 Å². The molecule has 0 unspecified atom stereocenters. The molecule has 4 nitrogen and oxygen atoms in total. The predicted octanol–water partition coefficient (Wildman–Crippen LogP) is 5.10. The molecule has 1 N–H and O–H groups in total. The van der Waals surface area contributed by atoms with Crippen LogP contribution in [0.3, 0.4) is 0 Å². The SMILES string of the molecule is CC(C)Oc1ccccc1/C=C(\CC(=O)O)c1nc2ccccc2s1. The average Bonchev–Trinajstić information content (AvgIpc) is 2.99. The Hall–Kier alpha value is -2.66. The summed E-state index contributed by atoms with van der Waals surface area (Å²) in [6.45, 7) is 3.93. The lowest BCUT2D eigenvalue weighted by Gasteiger charge is -2.13. The van der Waals surface area contributed by atoms with Crippen LogP contribution < -0.4 is 4.74 Å². The van der Waals surface area contributed by atoms with Crippen LogP contribution >= 0.6 is 11.3 Å². The fraction of sp³-hybridized carbons (Fsp3) is 0.200. The van der Waals surface area contributed by atoms with Gasteiger partial charge in [-0.15, -0.1) is 11.3 Å². The van der Waals surface area contributed by atoms with E-state index in [1.807, 2.05) is 68.5 Å². The van der Waals surface area contributed by atoms with Crippen molar-refractivity contribution in [1.82, 2.24) is 4.98 Å². The first-order valence-electron chi connectivity index (χ1n) is 8.07. The van der Waals surface area contributed by atoms with Gasteiger partial charge in [-0.25, -0.2) is 4.98 Å². The summed E-state index contributed by atoms with van der Waals surface area (Å²) in [4.78, 5) is 16.0. The van der Waals surface area contributed by atoms with Crippen LogP contribution in [-0.2, 0) is 4.79 Å². The van der Waals surface area contributed by atoms with E-state index in [1.165, 1.54) is 11.3 Å². The second-order valence-electron chi connectivity index (χ2n) is 5.93. The van der Waals surface area contributed by atoms with Crippen molar-refractivity contribution in [2.75, 3.05) is 0 Å². The number of fused-ring (bicyclic) bond motifs is 1. The van der Waals surface area contributed by atoms with Gasteiger partial charge < -0.3 is 9.84 Å². The maximum absolute atomic E-state index is 11.4. The molecule has 3 aromatic rings. The highest BCUT2D eigenvalue weighted by molar-refractivity contribution is 7.19. The summed E-state index contributed by atoms with van der Waals surface area (Å²) in [5.41, 5.74) is 2.41. The molecule has 1 heterocycles. The molecule has 0 atom stereocenters. The number of carboxylic acid groups (broad SMARTS) is 1. The number of thiazole rings is 1. The third-order valence-electron chi connectivity index (χ3n) is 3.52. The van der Waals surface area contributed by atoms with Crippen molar-refractivity contribution in [1.29, 1.82) is 0 Å². The number of aromatic nitrogens is 1. The van der Waals surface area contributed by atoms with Crippen molar-refractivity contribution in [3.63, 3.8) is 0 Å². The van der Waals surface area contributed by atoms with Crippen LogP contribution in [0.25, 0.3) is 21.9 Å². The lowest BCUT2D eigenvalue weighted by Crippen LogP contribution is -2.06. The standard InChI is InChI=1S/C20H19NO3S/c1-13(2)24-17-9-5-3-7-14(17)11-15(12-19(22)23)20-21-16-8-4-6-10-18(16)25-20/h3-11,13H,12H2,1-2H3,(H,22,23)/b15-11+. The maximum atomic E-state index is 11.4. The molecule has 5 heteroatoms. The molecule has 0 amide bonds. The zero-order valence-corrected chi connectivity index (χ0v) is 14.9. The Bertz CT molecular complexity index is 894. The number of rotatable bonds is 6. The summed E-state index contributed by atoms with van der Waals surface area (Å²) < 4.78 is 6.88. The Balaban J connectivity index is 2.07. The minimum absolute atomic E-state index is 0.0416. The van der Waals surface area contributed by atoms with Crippen molar-refractivity contribution in [2.45, 2.75) is 26.4 Å². The van der Waals surface area contributed by atoms with Gasteiger partial charge in [-0.3, -0.25) is 4.79 Å². The van der Waals surface area contributed by atoms with E-state index in [0.717, 1.165) is 26.5 Å². The zero-order chi connectivity index (χ0) is 17.8. The van der Waals surface area contributed by atoms with E-state index >= 15 is 0 Å². The van der Waals surface area contributed by atoms with Gasteiger partial charge in [-0.05, 0) is 43.7 Å². The molecule has 0 aliphatic carbocycles.